The van der Waals surface area contributed by atoms with Gasteiger partial charge in [-0.05, 0) is 42.2 Å². The highest BCUT2D eigenvalue weighted by molar-refractivity contribution is 6.09. The number of nitrogens with zero attached hydrogens (tertiary/aromatic N) is 1. The summed E-state index contributed by atoms with van der Waals surface area (Å²) in [5, 5.41) is 3.87. The van der Waals surface area contributed by atoms with Crippen LogP contribution in [0, 0.1) is 6.92 Å². The van der Waals surface area contributed by atoms with Crippen molar-refractivity contribution in [3.8, 4) is 5.75 Å². The van der Waals surface area contributed by atoms with Gasteiger partial charge < -0.3 is 10.1 Å². The van der Waals surface area contributed by atoms with Crippen LogP contribution in [0.15, 0.2) is 48.5 Å². The zero-order valence-corrected chi connectivity index (χ0v) is 15.9. The van der Waals surface area contributed by atoms with Crippen molar-refractivity contribution < 1.29 is 9.53 Å². The minimum absolute atomic E-state index is 0.0595. The number of nitrogens with one attached hydrogen (secondary N) is 1. The van der Waals surface area contributed by atoms with Crippen molar-refractivity contribution in [2.24, 2.45) is 0 Å². The molecule has 3 aromatic rings. The lowest BCUT2D eigenvalue weighted by atomic mass is 9.87. The number of rotatable bonds is 3. The second-order valence-electron chi connectivity index (χ2n) is 7.45. The molecule has 0 atom stereocenters. The average molecular weight is 348 g/mol. The topological polar surface area (TPSA) is 51.2 Å². The van der Waals surface area contributed by atoms with E-state index in [9.17, 15) is 4.79 Å². The van der Waals surface area contributed by atoms with Crippen LogP contribution in [0.5, 0.6) is 5.75 Å². The van der Waals surface area contributed by atoms with Gasteiger partial charge in [-0.2, -0.15) is 0 Å². The van der Waals surface area contributed by atoms with E-state index in [4.69, 9.17) is 4.74 Å². The molecule has 0 saturated heterocycles. The van der Waals surface area contributed by atoms with E-state index in [1.54, 1.807) is 7.11 Å². The Balaban J connectivity index is 1.95. The second-order valence-corrected chi connectivity index (χ2v) is 7.45. The molecule has 2 aromatic carbocycles. The fourth-order valence-corrected chi connectivity index (χ4v) is 2.93. The number of amides is 1. The maximum absolute atomic E-state index is 12.7. The Bertz CT molecular complexity index is 954. The number of hydrogen-bond acceptors (Lipinski definition) is 3. The summed E-state index contributed by atoms with van der Waals surface area (Å²) >= 11 is 0. The number of methoxy groups -OCH3 is 1. The number of aryl methyl sites for hydroxylation is 1. The van der Waals surface area contributed by atoms with Gasteiger partial charge in [0.15, 0.2) is 0 Å². The quantitative estimate of drug-likeness (QED) is 0.716. The van der Waals surface area contributed by atoms with Crippen molar-refractivity contribution in [3.63, 3.8) is 0 Å². The van der Waals surface area contributed by atoms with Gasteiger partial charge in [-0.15, -0.1) is 0 Å². The predicted molar refractivity (Wildman–Crippen MR) is 106 cm³/mol. The van der Waals surface area contributed by atoms with Gasteiger partial charge in [0.2, 0.25) is 0 Å². The Morgan fingerprint density at radius 1 is 1.08 bits per heavy atom. The standard InChI is InChI=1S/C22H24N2O2/c1-14-13-18(17-7-6-8-19(26-5)20(17)23-14)24-21(25)15-9-11-16(12-10-15)22(2,3)4/h6-13H,1-5H3,(H,23,24,25). The largest absolute Gasteiger partial charge is 0.494 e. The van der Waals surface area contributed by atoms with Crippen molar-refractivity contribution in [2.45, 2.75) is 33.1 Å². The molecule has 0 aliphatic heterocycles. The molecule has 0 aliphatic carbocycles. The highest BCUT2D eigenvalue weighted by Gasteiger charge is 2.15. The number of pyridine rings is 1. The van der Waals surface area contributed by atoms with Crippen molar-refractivity contribution in [2.75, 3.05) is 12.4 Å². The first-order valence-electron chi connectivity index (χ1n) is 8.66. The molecule has 4 heteroatoms. The van der Waals surface area contributed by atoms with E-state index < -0.39 is 0 Å². The molecule has 1 heterocycles. The number of para-hydroxylation sites is 1. The Kier molecular flexibility index (Phi) is 4.68. The maximum atomic E-state index is 12.7. The van der Waals surface area contributed by atoms with Crippen LogP contribution >= 0.6 is 0 Å². The van der Waals surface area contributed by atoms with E-state index in [0.29, 0.717) is 11.3 Å². The van der Waals surface area contributed by atoms with E-state index in [-0.39, 0.29) is 11.3 Å². The van der Waals surface area contributed by atoms with E-state index >= 15 is 0 Å². The molecule has 0 unspecified atom stereocenters. The molecular formula is C22H24N2O2. The molecule has 0 fully saturated rings. The lowest BCUT2D eigenvalue weighted by Gasteiger charge is -2.19. The van der Waals surface area contributed by atoms with Crippen LogP contribution in [-0.4, -0.2) is 18.0 Å². The molecule has 0 radical (unpaired) electrons. The first-order valence-corrected chi connectivity index (χ1v) is 8.66. The third kappa shape index (κ3) is 3.54. The number of carbonyl (C=O) groups is 1. The highest BCUT2D eigenvalue weighted by Crippen LogP contribution is 2.30. The summed E-state index contributed by atoms with van der Waals surface area (Å²) in [5.74, 6) is 0.552. The molecule has 0 spiro atoms. The fourth-order valence-electron chi connectivity index (χ4n) is 2.93. The van der Waals surface area contributed by atoms with Crippen LogP contribution < -0.4 is 10.1 Å². The van der Waals surface area contributed by atoms with Gasteiger partial charge in [0.05, 0.1) is 12.8 Å². The smallest absolute Gasteiger partial charge is 0.255 e. The number of carbonyl (C=O) groups excluding carboxylic acids is 1. The molecule has 1 aromatic heterocycles. The summed E-state index contributed by atoms with van der Waals surface area (Å²) < 4.78 is 5.40. The third-order valence-electron chi connectivity index (χ3n) is 4.41. The summed E-state index contributed by atoms with van der Waals surface area (Å²) in [7, 11) is 1.62. The van der Waals surface area contributed by atoms with Gasteiger partial charge in [0.1, 0.15) is 11.3 Å². The molecule has 1 amide bonds. The molecule has 0 aliphatic rings. The Hall–Kier alpha value is -2.88. The van der Waals surface area contributed by atoms with Gasteiger partial charge in [0.25, 0.3) is 5.91 Å². The number of hydrogen-bond donors (Lipinski definition) is 1. The lowest BCUT2D eigenvalue weighted by molar-refractivity contribution is 0.102. The SMILES string of the molecule is COc1cccc2c(NC(=O)c3ccc(C(C)(C)C)cc3)cc(C)nc12. The molecular weight excluding hydrogens is 324 g/mol. The minimum atomic E-state index is -0.139. The molecule has 3 rings (SSSR count). The monoisotopic (exact) mass is 348 g/mol. The molecule has 1 N–H and O–H groups in total. The van der Waals surface area contributed by atoms with E-state index in [1.807, 2.05) is 55.5 Å². The van der Waals surface area contributed by atoms with Crippen LogP contribution in [0.2, 0.25) is 0 Å². The Labute approximate surface area is 154 Å². The highest BCUT2D eigenvalue weighted by atomic mass is 16.5. The van der Waals surface area contributed by atoms with E-state index in [0.717, 1.165) is 22.3 Å². The Morgan fingerprint density at radius 2 is 1.77 bits per heavy atom. The summed E-state index contributed by atoms with van der Waals surface area (Å²) in [4.78, 5) is 17.3. The van der Waals surface area contributed by atoms with Crippen molar-refractivity contribution in [1.82, 2.24) is 4.98 Å². The maximum Gasteiger partial charge on any atom is 0.255 e. The number of ether oxygens (including phenoxy) is 1. The number of benzene rings is 2. The summed E-state index contributed by atoms with van der Waals surface area (Å²) in [5.41, 5.74) is 4.18. The van der Waals surface area contributed by atoms with E-state index in [2.05, 4.69) is 31.1 Å². The second kappa shape index (κ2) is 6.79. The third-order valence-corrected chi connectivity index (χ3v) is 4.41. The molecule has 4 nitrogen and oxygen atoms in total. The van der Waals surface area contributed by atoms with Crippen LogP contribution in [0.3, 0.4) is 0 Å². The number of fused-ring (bicyclic) bond motifs is 1. The van der Waals surface area contributed by atoms with Crippen LogP contribution in [-0.2, 0) is 5.41 Å². The van der Waals surface area contributed by atoms with Crippen molar-refractivity contribution in [3.05, 3.63) is 65.4 Å². The predicted octanol–water partition coefficient (Wildman–Crippen LogP) is 5.10. The van der Waals surface area contributed by atoms with Gasteiger partial charge in [-0.3, -0.25) is 4.79 Å². The average Bonchev–Trinajstić information content (AvgIpc) is 2.60. The first kappa shape index (κ1) is 17.9. The summed E-state index contributed by atoms with van der Waals surface area (Å²) in [6.45, 7) is 8.36. The summed E-state index contributed by atoms with van der Waals surface area (Å²) in [6.07, 6.45) is 0. The normalized spacial score (nSPS) is 11.4. The van der Waals surface area contributed by atoms with Crippen molar-refractivity contribution >= 4 is 22.5 Å². The minimum Gasteiger partial charge on any atom is -0.494 e. The van der Waals surface area contributed by atoms with Crippen molar-refractivity contribution in [1.29, 1.82) is 0 Å². The van der Waals surface area contributed by atoms with E-state index in [1.165, 1.54) is 5.56 Å². The van der Waals surface area contributed by atoms with Crippen LogP contribution in [0.1, 0.15) is 42.4 Å². The number of aromatic nitrogens is 1. The number of anilines is 1. The van der Waals surface area contributed by atoms with Crippen LogP contribution in [0.4, 0.5) is 5.69 Å². The van der Waals surface area contributed by atoms with Gasteiger partial charge in [-0.25, -0.2) is 4.98 Å². The van der Waals surface area contributed by atoms with Gasteiger partial charge in [-0.1, -0.05) is 45.0 Å². The van der Waals surface area contributed by atoms with Crippen LogP contribution in [0.25, 0.3) is 10.9 Å². The van der Waals surface area contributed by atoms with Gasteiger partial charge in [0, 0.05) is 16.6 Å². The van der Waals surface area contributed by atoms with Gasteiger partial charge >= 0.3 is 0 Å². The summed E-state index contributed by atoms with van der Waals surface area (Å²) in [6, 6.07) is 15.3. The molecule has 134 valence electrons. The fraction of sp³-hybridized carbons (Fsp3) is 0.273. The zero-order chi connectivity index (χ0) is 18.9. The molecule has 0 bridgehead atoms. The molecule has 0 saturated carbocycles. The lowest BCUT2D eigenvalue weighted by Crippen LogP contribution is -2.14. The zero-order valence-electron chi connectivity index (χ0n) is 15.9. The first-order chi connectivity index (χ1) is 12.3. The Morgan fingerprint density at radius 3 is 2.38 bits per heavy atom. The molecule has 26 heavy (non-hydrogen) atoms.